The summed E-state index contributed by atoms with van der Waals surface area (Å²) in [5.41, 5.74) is 2.50. The molecule has 0 unspecified atom stereocenters. The Morgan fingerprint density at radius 1 is 1.04 bits per heavy atom. The van der Waals surface area contributed by atoms with E-state index >= 15 is 0 Å². The molecular formula is C23H27NO4. The maximum Gasteiger partial charge on any atom is 0.306 e. The van der Waals surface area contributed by atoms with Crippen molar-refractivity contribution in [1.82, 2.24) is 4.90 Å². The number of fused-ring (bicyclic) bond motifs is 1. The molecule has 2 fully saturated rings. The first-order chi connectivity index (χ1) is 13.7. The van der Waals surface area contributed by atoms with E-state index < -0.39 is 0 Å². The molecule has 2 aromatic rings. The van der Waals surface area contributed by atoms with Gasteiger partial charge in [-0.1, -0.05) is 36.4 Å². The van der Waals surface area contributed by atoms with Crippen molar-refractivity contribution in [2.75, 3.05) is 20.8 Å². The minimum atomic E-state index is -0.0505. The number of esters is 1. The summed E-state index contributed by atoms with van der Waals surface area (Å²) in [6, 6.07) is 16.8. The summed E-state index contributed by atoms with van der Waals surface area (Å²) in [6.45, 7) is 1.81. The van der Waals surface area contributed by atoms with Crippen molar-refractivity contribution in [1.29, 1.82) is 0 Å². The zero-order valence-electron chi connectivity index (χ0n) is 16.5. The van der Waals surface area contributed by atoms with Crippen molar-refractivity contribution in [2.45, 2.75) is 38.0 Å². The van der Waals surface area contributed by atoms with Crippen LogP contribution in [0.25, 0.3) is 0 Å². The molecule has 2 heterocycles. The van der Waals surface area contributed by atoms with Crippen LogP contribution in [0.4, 0.5) is 0 Å². The Kier molecular flexibility index (Phi) is 5.53. The van der Waals surface area contributed by atoms with Crippen LogP contribution in [0.15, 0.2) is 48.5 Å². The Morgan fingerprint density at radius 2 is 1.82 bits per heavy atom. The number of carbonyl (C=O) groups is 1. The van der Waals surface area contributed by atoms with E-state index in [1.54, 1.807) is 14.2 Å². The summed E-state index contributed by atoms with van der Waals surface area (Å²) >= 11 is 0. The van der Waals surface area contributed by atoms with E-state index in [0.29, 0.717) is 12.3 Å². The third-order valence-electron chi connectivity index (χ3n) is 5.88. The summed E-state index contributed by atoms with van der Waals surface area (Å²) < 4.78 is 16.5. The van der Waals surface area contributed by atoms with Gasteiger partial charge in [-0.3, -0.25) is 9.69 Å². The number of benzene rings is 2. The van der Waals surface area contributed by atoms with E-state index in [4.69, 9.17) is 14.2 Å². The second kappa shape index (κ2) is 8.23. The first kappa shape index (κ1) is 18.8. The number of methoxy groups -OCH3 is 2. The first-order valence-corrected chi connectivity index (χ1v) is 9.86. The van der Waals surface area contributed by atoms with Gasteiger partial charge in [0.2, 0.25) is 0 Å². The van der Waals surface area contributed by atoms with Gasteiger partial charge in [0.1, 0.15) is 6.10 Å². The molecule has 28 heavy (non-hydrogen) atoms. The Bertz CT molecular complexity index is 823. The predicted molar refractivity (Wildman–Crippen MR) is 106 cm³/mol. The van der Waals surface area contributed by atoms with Gasteiger partial charge < -0.3 is 14.2 Å². The fourth-order valence-electron chi connectivity index (χ4n) is 4.53. The lowest BCUT2D eigenvalue weighted by Crippen LogP contribution is -2.36. The van der Waals surface area contributed by atoms with Gasteiger partial charge in [0.15, 0.2) is 11.5 Å². The van der Waals surface area contributed by atoms with Crippen LogP contribution in [-0.2, 0) is 22.5 Å². The van der Waals surface area contributed by atoms with Gasteiger partial charge in [-0.25, -0.2) is 0 Å². The van der Waals surface area contributed by atoms with Crippen LogP contribution in [-0.4, -0.2) is 43.8 Å². The van der Waals surface area contributed by atoms with E-state index in [-0.39, 0.29) is 18.1 Å². The SMILES string of the molecule is COc1ccc(CC[C@@H]2[C@@H]3OC(=O)C[C@@H]3CN2Cc2ccccc2)cc1OC. The van der Waals surface area contributed by atoms with Crippen LogP contribution in [0.5, 0.6) is 11.5 Å². The molecule has 5 nitrogen and oxygen atoms in total. The highest BCUT2D eigenvalue weighted by atomic mass is 16.6. The molecule has 0 amide bonds. The molecule has 0 aromatic heterocycles. The number of rotatable bonds is 7. The van der Waals surface area contributed by atoms with Gasteiger partial charge >= 0.3 is 5.97 Å². The second-order valence-corrected chi connectivity index (χ2v) is 7.63. The van der Waals surface area contributed by atoms with Crippen molar-refractivity contribution in [3.05, 3.63) is 59.7 Å². The normalized spacial score (nSPS) is 24.1. The monoisotopic (exact) mass is 381 g/mol. The fourth-order valence-corrected chi connectivity index (χ4v) is 4.53. The van der Waals surface area contributed by atoms with Crippen LogP contribution in [0, 0.1) is 5.92 Å². The van der Waals surface area contributed by atoms with Gasteiger partial charge in [-0.15, -0.1) is 0 Å². The van der Waals surface area contributed by atoms with Crippen LogP contribution < -0.4 is 9.47 Å². The van der Waals surface area contributed by atoms with Gasteiger partial charge in [0.25, 0.3) is 0 Å². The van der Waals surface area contributed by atoms with E-state index in [1.165, 1.54) is 11.1 Å². The minimum absolute atomic E-state index is 0.0105. The largest absolute Gasteiger partial charge is 0.493 e. The summed E-state index contributed by atoms with van der Waals surface area (Å²) in [5.74, 6) is 1.75. The van der Waals surface area contributed by atoms with Crippen LogP contribution in [0.1, 0.15) is 24.0 Å². The molecule has 0 N–H and O–H groups in total. The smallest absolute Gasteiger partial charge is 0.306 e. The Balaban J connectivity index is 1.48. The first-order valence-electron chi connectivity index (χ1n) is 9.86. The molecular weight excluding hydrogens is 354 g/mol. The highest BCUT2D eigenvalue weighted by Gasteiger charge is 2.48. The van der Waals surface area contributed by atoms with Crippen molar-refractivity contribution in [2.24, 2.45) is 5.92 Å². The van der Waals surface area contributed by atoms with E-state index in [0.717, 1.165) is 37.4 Å². The number of aryl methyl sites for hydroxylation is 1. The van der Waals surface area contributed by atoms with Crippen LogP contribution in [0.2, 0.25) is 0 Å². The molecule has 4 rings (SSSR count). The molecule has 0 aliphatic carbocycles. The van der Waals surface area contributed by atoms with Crippen molar-refractivity contribution in [3.63, 3.8) is 0 Å². The van der Waals surface area contributed by atoms with Gasteiger partial charge in [-0.2, -0.15) is 0 Å². The average molecular weight is 381 g/mol. The van der Waals surface area contributed by atoms with Gasteiger partial charge in [0.05, 0.1) is 20.6 Å². The molecule has 148 valence electrons. The number of ether oxygens (including phenoxy) is 3. The maximum atomic E-state index is 11.8. The van der Waals surface area contributed by atoms with Crippen molar-refractivity contribution >= 4 is 5.97 Å². The summed E-state index contributed by atoms with van der Waals surface area (Å²) in [5, 5.41) is 0. The summed E-state index contributed by atoms with van der Waals surface area (Å²) in [4.78, 5) is 14.3. The fraction of sp³-hybridized carbons (Fsp3) is 0.435. The molecule has 0 bridgehead atoms. The van der Waals surface area contributed by atoms with E-state index in [1.807, 2.05) is 18.2 Å². The summed E-state index contributed by atoms with van der Waals surface area (Å²) in [7, 11) is 3.30. The van der Waals surface area contributed by atoms with Gasteiger partial charge in [0, 0.05) is 25.0 Å². The lowest BCUT2D eigenvalue weighted by atomic mass is 9.96. The Hall–Kier alpha value is -2.53. The molecule has 0 saturated carbocycles. The lowest BCUT2D eigenvalue weighted by molar-refractivity contribution is -0.143. The number of nitrogens with zero attached hydrogens (tertiary/aromatic N) is 1. The molecule has 0 spiro atoms. The van der Waals surface area contributed by atoms with E-state index in [2.05, 4.69) is 35.2 Å². The second-order valence-electron chi connectivity index (χ2n) is 7.63. The quantitative estimate of drug-likeness (QED) is 0.688. The van der Waals surface area contributed by atoms with Gasteiger partial charge in [-0.05, 0) is 36.1 Å². The number of likely N-dealkylation sites (tertiary alicyclic amines) is 1. The van der Waals surface area contributed by atoms with Crippen molar-refractivity contribution in [3.8, 4) is 11.5 Å². The molecule has 3 atom stereocenters. The number of hydrogen-bond donors (Lipinski definition) is 0. The van der Waals surface area contributed by atoms with Crippen LogP contribution in [0.3, 0.4) is 0 Å². The maximum absolute atomic E-state index is 11.8. The third-order valence-corrected chi connectivity index (χ3v) is 5.88. The highest BCUT2D eigenvalue weighted by molar-refractivity contribution is 5.72. The lowest BCUT2D eigenvalue weighted by Gasteiger charge is -2.27. The molecule has 2 saturated heterocycles. The Morgan fingerprint density at radius 3 is 2.57 bits per heavy atom. The molecule has 2 aliphatic rings. The topological polar surface area (TPSA) is 48.0 Å². The highest BCUT2D eigenvalue weighted by Crippen LogP contribution is 2.38. The number of hydrogen-bond acceptors (Lipinski definition) is 5. The average Bonchev–Trinajstić information content (AvgIpc) is 3.22. The third kappa shape index (κ3) is 3.85. The summed E-state index contributed by atoms with van der Waals surface area (Å²) in [6.07, 6.45) is 2.40. The molecule has 2 aromatic carbocycles. The standard InChI is InChI=1S/C23H27NO4/c1-26-20-11-9-16(12-21(20)27-2)8-10-19-23-18(13-22(25)28-23)15-24(19)14-17-6-4-3-5-7-17/h3-7,9,11-12,18-19,23H,8,10,13-15H2,1-2H3/t18-,19-,23-/m1/s1. The number of carbonyl (C=O) groups excluding carboxylic acids is 1. The van der Waals surface area contributed by atoms with Crippen LogP contribution >= 0.6 is 0 Å². The minimum Gasteiger partial charge on any atom is -0.493 e. The molecule has 5 heteroatoms. The predicted octanol–water partition coefficient (Wildman–Crippen LogP) is 3.45. The Labute approximate surface area is 166 Å². The zero-order valence-corrected chi connectivity index (χ0v) is 16.5. The molecule has 0 radical (unpaired) electrons. The zero-order chi connectivity index (χ0) is 19.5. The van der Waals surface area contributed by atoms with Crippen molar-refractivity contribution < 1.29 is 19.0 Å². The molecule has 2 aliphatic heterocycles. The van der Waals surface area contributed by atoms with E-state index in [9.17, 15) is 4.79 Å².